The van der Waals surface area contributed by atoms with E-state index in [1.54, 1.807) is 11.8 Å². The lowest BCUT2D eigenvalue weighted by atomic mass is 10.2. The smallest absolute Gasteiger partial charge is 0.328 e. The van der Waals surface area contributed by atoms with Crippen molar-refractivity contribution in [1.82, 2.24) is 0 Å². The van der Waals surface area contributed by atoms with Gasteiger partial charge in [0.15, 0.2) is 0 Å². The second-order valence-electron chi connectivity index (χ2n) is 3.56. The van der Waals surface area contributed by atoms with Gasteiger partial charge in [0.25, 0.3) is 0 Å². The van der Waals surface area contributed by atoms with Gasteiger partial charge >= 0.3 is 5.97 Å². The third-order valence-corrected chi connectivity index (χ3v) is 3.21. The zero-order chi connectivity index (χ0) is 12.7. The van der Waals surface area contributed by atoms with Crippen LogP contribution in [0.25, 0.3) is 0 Å². The molecule has 1 unspecified atom stereocenters. The molecule has 0 aliphatic carbocycles. The van der Waals surface area contributed by atoms with Crippen molar-refractivity contribution in [2.45, 2.75) is 31.2 Å². The summed E-state index contributed by atoms with van der Waals surface area (Å²) in [5, 5.41) is 3.24. The Bertz CT molecular complexity index is 368. The van der Waals surface area contributed by atoms with Crippen LogP contribution in [0.1, 0.15) is 20.3 Å². The Hall–Kier alpha value is -1.16. The molecular formula is C13H19NO2S. The van der Waals surface area contributed by atoms with Crippen molar-refractivity contribution in [3.8, 4) is 0 Å². The molecule has 4 heteroatoms. The Morgan fingerprint density at radius 1 is 1.41 bits per heavy atom. The number of carbonyl (C=O) groups excluding carboxylic acids is 1. The summed E-state index contributed by atoms with van der Waals surface area (Å²) in [6, 6.07) is 7.68. The van der Waals surface area contributed by atoms with Crippen LogP contribution < -0.4 is 5.32 Å². The largest absolute Gasteiger partial charge is 0.464 e. The molecule has 0 aliphatic rings. The summed E-state index contributed by atoms with van der Waals surface area (Å²) in [5.74, 6) is -0.189. The van der Waals surface area contributed by atoms with E-state index in [1.807, 2.05) is 44.4 Å². The normalized spacial score (nSPS) is 11.9. The maximum Gasteiger partial charge on any atom is 0.328 e. The number of para-hydroxylation sites is 1. The van der Waals surface area contributed by atoms with E-state index < -0.39 is 0 Å². The SMILES string of the molecule is CCOC(=O)C(CC)Nc1ccccc1SC. The molecule has 1 rings (SSSR count). The van der Waals surface area contributed by atoms with Crippen molar-refractivity contribution in [3.05, 3.63) is 24.3 Å². The van der Waals surface area contributed by atoms with E-state index >= 15 is 0 Å². The molecule has 94 valence electrons. The van der Waals surface area contributed by atoms with Gasteiger partial charge in [-0.25, -0.2) is 4.79 Å². The number of anilines is 1. The van der Waals surface area contributed by atoms with E-state index in [1.165, 1.54) is 0 Å². The molecule has 0 spiro atoms. The zero-order valence-electron chi connectivity index (χ0n) is 10.5. The molecule has 1 aromatic carbocycles. The van der Waals surface area contributed by atoms with E-state index in [2.05, 4.69) is 5.32 Å². The Kier molecular flexibility index (Phi) is 5.91. The van der Waals surface area contributed by atoms with Crippen LogP contribution in [0.5, 0.6) is 0 Å². The number of hydrogen-bond acceptors (Lipinski definition) is 4. The summed E-state index contributed by atoms with van der Waals surface area (Å²) in [4.78, 5) is 12.8. The molecule has 0 saturated heterocycles. The first kappa shape index (κ1) is 13.9. The lowest BCUT2D eigenvalue weighted by Gasteiger charge is -2.18. The molecule has 1 aromatic rings. The molecule has 0 saturated carbocycles. The van der Waals surface area contributed by atoms with Gasteiger partial charge in [-0.15, -0.1) is 11.8 Å². The van der Waals surface area contributed by atoms with Crippen LogP contribution in [-0.2, 0) is 9.53 Å². The highest BCUT2D eigenvalue weighted by Crippen LogP contribution is 2.25. The number of benzene rings is 1. The molecule has 3 nitrogen and oxygen atoms in total. The van der Waals surface area contributed by atoms with Crippen LogP contribution in [0, 0.1) is 0 Å². The molecule has 17 heavy (non-hydrogen) atoms. The first-order chi connectivity index (χ1) is 8.22. The molecule has 0 aromatic heterocycles. The van der Waals surface area contributed by atoms with Crippen LogP contribution in [0.4, 0.5) is 5.69 Å². The maximum atomic E-state index is 11.7. The summed E-state index contributed by atoms with van der Waals surface area (Å²) >= 11 is 1.66. The molecule has 1 atom stereocenters. The van der Waals surface area contributed by atoms with Gasteiger partial charge in [0.1, 0.15) is 6.04 Å². The standard InChI is InChI=1S/C13H19NO2S/c1-4-10(13(15)16-5-2)14-11-8-6-7-9-12(11)17-3/h6-10,14H,4-5H2,1-3H3. The van der Waals surface area contributed by atoms with E-state index in [0.29, 0.717) is 13.0 Å². The highest BCUT2D eigenvalue weighted by molar-refractivity contribution is 7.98. The van der Waals surface area contributed by atoms with Gasteiger partial charge in [-0.1, -0.05) is 19.1 Å². The Labute approximate surface area is 107 Å². The summed E-state index contributed by atoms with van der Waals surface area (Å²) in [6.45, 7) is 4.21. The highest BCUT2D eigenvalue weighted by atomic mass is 32.2. The molecule has 0 bridgehead atoms. The molecule has 0 heterocycles. The van der Waals surface area contributed by atoms with Crippen LogP contribution in [-0.4, -0.2) is 24.9 Å². The van der Waals surface area contributed by atoms with E-state index in [-0.39, 0.29) is 12.0 Å². The van der Waals surface area contributed by atoms with E-state index in [9.17, 15) is 4.79 Å². The van der Waals surface area contributed by atoms with Gasteiger partial charge in [0.05, 0.1) is 6.61 Å². The Morgan fingerprint density at radius 2 is 2.12 bits per heavy atom. The first-order valence-corrected chi connectivity index (χ1v) is 7.01. The van der Waals surface area contributed by atoms with E-state index in [4.69, 9.17) is 4.74 Å². The number of nitrogens with one attached hydrogen (secondary N) is 1. The number of hydrogen-bond donors (Lipinski definition) is 1. The van der Waals surface area contributed by atoms with Gasteiger partial charge in [-0.2, -0.15) is 0 Å². The summed E-state index contributed by atoms with van der Waals surface area (Å²) in [6.07, 6.45) is 2.73. The van der Waals surface area contributed by atoms with Crippen molar-refractivity contribution < 1.29 is 9.53 Å². The van der Waals surface area contributed by atoms with Crippen molar-refractivity contribution in [1.29, 1.82) is 0 Å². The second-order valence-corrected chi connectivity index (χ2v) is 4.41. The van der Waals surface area contributed by atoms with Gasteiger partial charge in [-0.05, 0) is 31.7 Å². The zero-order valence-corrected chi connectivity index (χ0v) is 11.3. The number of thioether (sulfide) groups is 1. The molecule has 0 amide bonds. The molecule has 0 radical (unpaired) electrons. The molecule has 0 fully saturated rings. The van der Waals surface area contributed by atoms with Gasteiger partial charge in [0, 0.05) is 10.6 Å². The maximum absolute atomic E-state index is 11.7. The quantitative estimate of drug-likeness (QED) is 0.624. The molecule has 1 N–H and O–H groups in total. The van der Waals surface area contributed by atoms with Crippen molar-refractivity contribution in [2.75, 3.05) is 18.2 Å². The topological polar surface area (TPSA) is 38.3 Å². The van der Waals surface area contributed by atoms with Gasteiger partial charge < -0.3 is 10.1 Å². The predicted octanol–water partition coefficient (Wildman–Crippen LogP) is 3.16. The minimum Gasteiger partial charge on any atom is -0.464 e. The second kappa shape index (κ2) is 7.22. The van der Waals surface area contributed by atoms with Gasteiger partial charge in [0.2, 0.25) is 0 Å². The summed E-state index contributed by atoms with van der Waals surface area (Å²) in [7, 11) is 0. The van der Waals surface area contributed by atoms with Crippen LogP contribution in [0.15, 0.2) is 29.2 Å². The highest BCUT2D eigenvalue weighted by Gasteiger charge is 2.18. The molecular weight excluding hydrogens is 234 g/mol. The van der Waals surface area contributed by atoms with Crippen LogP contribution in [0.2, 0.25) is 0 Å². The molecule has 0 aliphatic heterocycles. The fourth-order valence-corrected chi connectivity index (χ4v) is 2.08. The van der Waals surface area contributed by atoms with Crippen molar-refractivity contribution in [2.24, 2.45) is 0 Å². The monoisotopic (exact) mass is 253 g/mol. The average Bonchev–Trinajstić information content (AvgIpc) is 2.36. The minimum atomic E-state index is -0.275. The lowest BCUT2D eigenvalue weighted by Crippen LogP contribution is -2.30. The van der Waals surface area contributed by atoms with E-state index in [0.717, 1.165) is 10.6 Å². The lowest BCUT2D eigenvalue weighted by molar-refractivity contribution is -0.144. The van der Waals surface area contributed by atoms with Gasteiger partial charge in [-0.3, -0.25) is 0 Å². The Balaban J connectivity index is 2.76. The third-order valence-electron chi connectivity index (χ3n) is 2.42. The number of ether oxygens (including phenoxy) is 1. The number of carbonyl (C=O) groups is 1. The summed E-state index contributed by atoms with van der Waals surface area (Å²) in [5.41, 5.74) is 0.986. The van der Waals surface area contributed by atoms with Crippen molar-refractivity contribution in [3.63, 3.8) is 0 Å². The fourth-order valence-electron chi connectivity index (χ4n) is 1.52. The first-order valence-electron chi connectivity index (χ1n) is 5.79. The fraction of sp³-hybridized carbons (Fsp3) is 0.462. The minimum absolute atomic E-state index is 0.189. The predicted molar refractivity (Wildman–Crippen MR) is 72.6 cm³/mol. The van der Waals surface area contributed by atoms with Crippen LogP contribution in [0.3, 0.4) is 0 Å². The number of rotatable bonds is 6. The summed E-state index contributed by atoms with van der Waals surface area (Å²) < 4.78 is 5.03. The van der Waals surface area contributed by atoms with Crippen LogP contribution >= 0.6 is 11.8 Å². The third kappa shape index (κ3) is 3.97. The number of esters is 1. The van der Waals surface area contributed by atoms with Crippen molar-refractivity contribution >= 4 is 23.4 Å². The Morgan fingerprint density at radius 3 is 2.71 bits per heavy atom. The average molecular weight is 253 g/mol.